The molecule has 0 aliphatic carbocycles. The van der Waals surface area contributed by atoms with E-state index in [-0.39, 0.29) is 0 Å². The summed E-state index contributed by atoms with van der Waals surface area (Å²) in [6, 6.07) is 0. The van der Waals surface area contributed by atoms with Gasteiger partial charge in [0.05, 0.1) is 0 Å². The van der Waals surface area contributed by atoms with Crippen molar-refractivity contribution in [3.63, 3.8) is 0 Å². The first-order valence-corrected chi connectivity index (χ1v) is 10.8. The van der Waals surface area contributed by atoms with Gasteiger partial charge in [-0.25, -0.2) is 0 Å². The minimum atomic E-state index is 1.04. The predicted molar refractivity (Wildman–Crippen MR) is 104 cm³/mol. The van der Waals surface area contributed by atoms with Gasteiger partial charge in [-0.2, -0.15) is 0 Å². The smallest absolute Gasteiger partial charge is 0.0414 e. The third kappa shape index (κ3) is 16.4. The Morgan fingerprint density at radius 1 is 0.364 bits per heavy atom. The number of unbranched alkanes of at least 4 members (excludes halogenated alkanes) is 12. The fourth-order valence-electron chi connectivity index (χ4n) is 3.53. The summed E-state index contributed by atoms with van der Waals surface area (Å²) >= 11 is 0. The van der Waals surface area contributed by atoms with E-state index in [0.29, 0.717) is 0 Å². The second-order valence-electron chi connectivity index (χ2n) is 7.47. The Bertz CT molecular complexity index is 184. The zero-order valence-electron chi connectivity index (χ0n) is 16.3. The van der Waals surface area contributed by atoms with Crippen molar-refractivity contribution in [3.05, 3.63) is 0 Å². The SMILES string of the molecule is CCCCCCCCCC(CCCC)CCCCCCCC. The molecule has 0 bridgehead atoms. The molecule has 0 radical (unpaired) electrons. The van der Waals surface area contributed by atoms with Crippen LogP contribution in [0.3, 0.4) is 0 Å². The predicted octanol–water partition coefficient (Wildman–Crippen LogP) is 8.68. The molecule has 134 valence electrons. The fraction of sp³-hybridized carbons (Fsp3) is 1.00. The molecule has 1 unspecified atom stereocenters. The van der Waals surface area contributed by atoms with E-state index in [2.05, 4.69) is 20.8 Å². The topological polar surface area (TPSA) is 0 Å². The monoisotopic (exact) mass is 310 g/mol. The summed E-state index contributed by atoms with van der Waals surface area (Å²) in [7, 11) is 0. The lowest BCUT2D eigenvalue weighted by molar-refractivity contribution is 0.370. The molecule has 0 saturated heterocycles. The molecule has 0 N–H and O–H groups in total. The van der Waals surface area contributed by atoms with E-state index in [1.807, 2.05) is 0 Å². The largest absolute Gasteiger partial charge is 0.0654 e. The van der Waals surface area contributed by atoms with Crippen LogP contribution in [-0.4, -0.2) is 0 Å². The molecule has 0 heterocycles. The summed E-state index contributed by atoms with van der Waals surface area (Å²) in [6.07, 6.45) is 26.3. The van der Waals surface area contributed by atoms with E-state index in [9.17, 15) is 0 Å². The standard InChI is InChI=1S/C22H46/c1-4-7-10-12-14-16-18-21-22(19-9-6-3)20-17-15-13-11-8-5-2/h22H,4-21H2,1-3H3. The Hall–Kier alpha value is 0. The van der Waals surface area contributed by atoms with Crippen LogP contribution in [0.5, 0.6) is 0 Å². The molecular formula is C22H46. The summed E-state index contributed by atoms with van der Waals surface area (Å²) in [5, 5.41) is 0. The van der Waals surface area contributed by atoms with Crippen molar-refractivity contribution in [3.8, 4) is 0 Å². The van der Waals surface area contributed by atoms with Crippen LogP contribution in [0.1, 0.15) is 136 Å². The number of rotatable bonds is 18. The molecule has 22 heavy (non-hydrogen) atoms. The lowest BCUT2D eigenvalue weighted by Crippen LogP contribution is -2.01. The van der Waals surface area contributed by atoms with Gasteiger partial charge >= 0.3 is 0 Å². The van der Waals surface area contributed by atoms with Crippen molar-refractivity contribution in [2.24, 2.45) is 5.92 Å². The van der Waals surface area contributed by atoms with Gasteiger partial charge in [-0.3, -0.25) is 0 Å². The maximum absolute atomic E-state index is 2.34. The van der Waals surface area contributed by atoms with Gasteiger partial charge in [-0.1, -0.05) is 136 Å². The average Bonchev–Trinajstić information content (AvgIpc) is 2.54. The summed E-state index contributed by atoms with van der Waals surface area (Å²) in [5.74, 6) is 1.04. The molecule has 0 aliphatic rings. The minimum Gasteiger partial charge on any atom is -0.0654 e. The molecule has 0 nitrogen and oxygen atoms in total. The van der Waals surface area contributed by atoms with Crippen LogP contribution < -0.4 is 0 Å². The van der Waals surface area contributed by atoms with E-state index in [1.165, 1.54) is 116 Å². The molecule has 1 atom stereocenters. The highest BCUT2D eigenvalue weighted by Crippen LogP contribution is 2.23. The van der Waals surface area contributed by atoms with Crippen molar-refractivity contribution in [2.45, 2.75) is 136 Å². The maximum atomic E-state index is 2.34. The first kappa shape index (κ1) is 22.0. The second-order valence-corrected chi connectivity index (χ2v) is 7.47. The molecule has 0 aromatic carbocycles. The Balaban J connectivity index is 3.56. The molecule has 0 rings (SSSR count). The van der Waals surface area contributed by atoms with E-state index in [4.69, 9.17) is 0 Å². The van der Waals surface area contributed by atoms with Gasteiger partial charge in [0, 0.05) is 0 Å². The zero-order chi connectivity index (χ0) is 16.3. The average molecular weight is 311 g/mol. The Morgan fingerprint density at radius 3 is 1.09 bits per heavy atom. The maximum Gasteiger partial charge on any atom is -0.0414 e. The van der Waals surface area contributed by atoms with E-state index < -0.39 is 0 Å². The summed E-state index contributed by atoms with van der Waals surface area (Å²) in [4.78, 5) is 0. The molecule has 0 aliphatic heterocycles. The summed E-state index contributed by atoms with van der Waals surface area (Å²) in [6.45, 7) is 6.96. The lowest BCUT2D eigenvalue weighted by Gasteiger charge is -2.16. The van der Waals surface area contributed by atoms with Gasteiger partial charge < -0.3 is 0 Å². The fourth-order valence-corrected chi connectivity index (χ4v) is 3.53. The van der Waals surface area contributed by atoms with Crippen molar-refractivity contribution in [2.75, 3.05) is 0 Å². The van der Waals surface area contributed by atoms with Gasteiger partial charge in [0.1, 0.15) is 0 Å². The van der Waals surface area contributed by atoms with Gasteiger partial charge in [-0.15, -0.1) is 0 Å². The van der Waals surface area contributed by atoms with Gasteiger partial charge in [0.25, 0.3) is 0 Å². The highest BCUT2D eigenvalue weighted by molar-refractivity contribution is 4.61. The Morgan fingerprint density at radius 2 is 0.682 bits per heavy atom. The molecule has 0 aromatic heterocycles. The van der Waals surface area contributed by atoms with Gasteiger partial charge in [0.15, 0.2) is 0 Å². The van der Waals surface area contributed by atoms with E-state index >= 15 is 0 Å². The Kier molecular flexibility index (Phi) is 19.0. The summed E-state index contributed by atoms with van der Waals surface area (Å²) in [5.41, 5.74) is 0. The zero-order valence-corrected chi connectivity index (χ0v) is 16.3. The van der Waals surface area contributed by atoms with Crippen molar-refractivity contribution < 1.29 is 0 Å². The highest BCUT2D eigenvalue weighted by atomic mass is 14.1. The molecule has 0 saturated carbocycles. The second kappa shape index (κ2) is 19.0. The Labute approximate surface area is 142 Å². The van der Waals surface area contributed by atoms with E-state index in [1.54, 1.807) is 0 Å². The van der Waals surface area contributed by atoms with Crippen molar-refractivity contribution in [1.82, 2.24) is 0 Å². The number of hydrogen-bond donors (Lipinski definition) is 0. The normalized spacial score (nSPS) is 12.7. The first-order chi connectivity index (χ1) is 10.8. The molecule has 0 fully saturated rings. The minimum absolute atomic E-state index is 1.04. The third-order valence-electron chi connectivity index (χ3n) is 5.15. The highest BCUT2D eigenvalue weighted by Gasteiger charge is 2.08. The van der Waals surface area contributed by atoms with Crippen LogP contribution in [0.2, 0.25) is 0 Å². The molecule has 0 aromatic rings. The van der Waals surface area contributed by atoms with Crippen LogP contribution in [-0.2, 0) is 0 Å². The quantitative estimate of drug-likeness (QED) is 0.222. The molecule has 0 amide bonds. The third-order valence-corrected chi connectivity index (χ3v) is 5.15. The van der Waals surface area contributed by atoms with Gasteiger partial charge in [-0.05, 0) is 5.92 Å². The van der Waals surface area contributed by atoms with Gasteiger partial charge in [0.2, 0.25) is 0 Å². The number of hydrogen-bond acceptors (Lipinski definition) is 0. The van der Waals surface area contributed by atoms with E-state index in [0.717, 1.165) is 5.92 Å². The van der Waals surface area contributed by atoms with Crippen LogP contribution in [0.15, 0.2) is 0 Å². The first-order valence-electron chi connectivity index (χ1n) is 10.8. The van der Waals surface area contributed by atoms with Crippen molar-refractivity contribution >= 4 is 0 Å². The molecule has 0 heteroatoms. The van der Waals surface area contributed by atoms with Crippen LogP contribution in [0.25, 0.3) is 0 Å². The lowest BCUT2D eigenvalue weighted by atomic mass is 9.90. The van der Waals surface area contributed by atoms with Crippen LogP contribution >= 0.6 is 0 Å². The van der Waals surface area contributed by atoms with Crippen molar-refractivity contribution in [1.29, 1.82) is 0 Å². The molecular weight excluding hydrogens is 264 g/mol. The summed E-state index contributed by atoms with van der Waals surface area (Å²) < 4.78 is 0. The van der Waals surface area contributed by atoms with Crippen LogP contribution in [0.4, 0.5) is 0 Å². The molecule has 0 spiro atoms. The van der Waals surface area contributed by atoms with Crippen LogP contribution in [0, 0.1) is 5.92 Å².